The van der Waals surface area contributed by atoms with Crippen molar-refractivity contribution in [2.75, 3.05) is 27.9 Å². The number of hydrogen-bond donors (Lipinski definition) is 0. The van der Waals surface area contributed by atoms with E-state index in [-0.39, 0.29) is 24.3 Å². The van der Waals surface area contributed by atoms with Crippen LogP contribution in [0.1, 0.15) is 27.4 Å². The van der Waals surface area contributed by atoms with Crippen LogP contribution in [0.3, 0.4) is 0 Å². The molecule has 6 heteroatoms. The molecule has 1 fully saturated rings. The molecule has 3 atom stereocenters. The van der Waals surface area contributed by atoms with Gasteiger partial charge in [-0.05, 0) is 34.0 Å². The van der Waals surface area contributed by atoms with Crippen LogP contribution in [0.15, 0.2) is 48.5 Å². The summed E-state index contributed by atoms with van der Waals surface area (Å²) in [6, 6.07) is 15.4. The zero-order valence-electron chi connectivity index (χ0n) is 17.5. The maximum absolute atomic E-state index is 13.3. The molecule has 0 bridgehead atoms. The van der Waals surface area contributed by atoms with Gasteiger partial charge in [0, 0.05) is 11.5 Å². The Kier molecular flexibility index (Phi) is 4.58. The van der Waals surface area contributed by atoms with Crippen molar-refractivity contribution in [3.63, 3.8) is 0 Å². The number of carbonyl (C=O) groups excluding carboxylic acids is 2. The van der Waals surface area contributed by atoms with E-state index in [1.807, 2.05) is 48.5 Å². The Morgan fingerprint density at radius 1 is 0.903 bits per heavy atom. The molecule has 0 radical (unpaired) electrons. The number of hydrogen-bond acceptors (Lipinski definition) is 6. The number of methoxy groups -OCH3 is 3. The van der Waals surface area contributed by atoms with Crippen LogP contribution < -0.4 is 14.2 Å². The standard InChI is InChI=1S/C25H22O6/c1-28-18-10-14(11-19(29-2)24(18)30-3)20-21-15-7-5-4-6-13(15)8-9-16(21)23(26)17-12-31-25(27)22(17)20/h4-11,17,20,22H,12H2,1-3H3/t17-,20+,22-/m0/s1. The number of cyclic esters (lactones) is 1. The lowest BCUT2D eigenvalue weighted by molar-refractivity contribution is -0.141. The van der Waals surface area contributed by atoms with Crippen molar-refractivity contribution in [3.05, 3.63) is 65.2 Å². The van der Waals surface area contributed by atoms with Crippen LogP contribution in [0, 0.1) is 11.8 Å². The molecule has 31 heavy (non-hydrogen) atoms. The van der Waals surface area contributed by atoms with E-state index in [0.717, 1.165) is 21.9 Å². The molecule has 0 saturated carbocycles. The highest BCUT2D eigenvalue weighted by Gasteiger charge is 2.52. The molecule has 2 aliphatic rings. The first-order valence-electron chi connectivity index (χ1n) is 10.1. The third-order valence-electron chi connectivity index (χ3n) is 6.40. The summed E-state index contributed by atoms with van der Waals surface area (Å²) in [6.45, 7) is 0.107. The summed E-state index contributed by atoms with van der Waals surface area (Å²) in [5, 5.41) is 1.96. The molecule has 0 unspecified atom stereocenters. The van der Waals surface area contributed by atoms with Crippen molar-refractivity contribution < 1.29 is 28.5 Å². The minimum Gasteiger partial charge on any atom is -0.493 e. The van der Waals surface area contributed by atoms with Crippen LogP contribution in [0.2, 0.25) is 0 Å². The third-order valence-corrected chi connectivity index (χ3v) is 6.40. The Labute approximate surface area is 179 Å². The van der Waals surface area contributed by atoms with Crippen molar-refractivity contribution in [1.29, 1.82) is 0 Å². The summed E-state index contributed by atoms with van der Waals surface area (Å²) in [4.78, 5) is 26.2. The summed E-state index contributed by atoms with van der Waals surface area (Å²) in [7, 11) is 4.66. The van der Waals surface area contributed by atoms with Gasteiger partial charge in [-0.15, -0.1) is 0 Å². The number of Topliss-reactive ketones (excluding diaryl/α,β-unsaturated/α-hetero) is 1. The van der Waals surface area contributed by atoms with Gasteiger partial charge in [0.05, 0.1) is 33.2 Å². The minimum atomic E-state index is -0.603. The van der Waals surface area contributed by atoms with E-state index in [0.29, 0.717) is 22.8 Å². The van der Waals surface area contributed by atoms with Gasteiger partial charge in [-0.3, -0.25) is 9.59 Å². The molecule has 3 aromatic carbocycles. The zero-order chi connectivity index (χ0) is 21.7. The zero-order valence-corrected chi connectivity index (χ0v) is 17.5. The van der Waals surface area contributed by atoms with E-state index in [2.05, 4.69) is 0 Å². The Hall–Kier alpha value is -3.54. The van der Waals surface area contributed by atoms with Crippen LogP contribution in [-0.4, -0.2) is 39.7 Å². The second kappa shape index (κ2) is 7.30. The van der Waals surface area contributed by atoms with Crippen LogP contribution in [0.4, 0.5) is 0 Å². The Morgan fingerprint density at radius 2 is 1.61 bits per heavy atom. The van der Waals surface area contributed by atoms with Gasteiger partial charge in [0.15, 0.2) is 17.3 Å². The van der Waals surface area contributed by atoms with Gasteiger partial charge < -0.3 is 18.9 Å². The van der Waals surface area contributed by atoms with Crippen LogP contribution >= 0.6 is 0 Å². The maximum Gasteiger partial charge on any atom is 0.310 e. The van der Waals surface area contributed by atoms with E-state index in [9.17, 15) is 9.59 Å². The number of carbonyl (C=O) groups is 2. The summed E-state index contributed by atoms with van der Waals surface area (Å²) in [5.41, 5.74) is 2.29. The lowest BCUT2D eigenvalue weighted by Crippen LogP contribution is -2.36. The van der Waals surface area contributed by atoms with Gasteiger partial charge in [0.2, 0.25) is 5.75 Å². The molecule has 6 nitrogen and oxygen atoms in total. The predicted octanol–water partition coefficient (Wildman–Crippen LogP) is 3.98. The van der Waals surface area contributed by atoms with E-state index in [1.54, 1.807) is 21.3 Å². The molecular formula is C25H22O6. The molecule has 1 saturated heterocycles. The van der Waals surface area contributed by atoms with Gasteiger partial charge in [0.1, 0.15) is 6.61 Å². The molecule has 158 valence electrons. The van der Waals surface area contributed by atoms with Gasteiger partial charge in [-0.25, -0.2) is 0 Å². The molecule has 1 heterocycles. The van der Waals surface area contributed by atoms with E-state index in [4.69, 9.17) is 18.9 Å². The highest BCUT2D eigenvalue weighted by molar-refractivity contribution is 6.09. The first-order valence-corrected chi connectivity index (χ1v) is 10.1. The van der Waals surface area contributed by atoms with Crippen molar-refractivity contribution in [1.82, 2.24) is 0 Å². The summed E-state index contributed by atoms with van der Waals surface area (Å²) >= 11 is 0. The highest BCUT2D eigenvalue weighted by atomic mass is 16.5. The number of rotatable bonds is 4. The molecule has 3 aromatic rings. The molecule has 0 N–H and O–H groups in total. The molecule has 0 aromatic heterocycles. The molecular weight excluding hydrogens is 396 g/mol. The Morgan fingerprint density at radius 3 is 2.29 bits per heavy atom. The normalized spacial score (nSPS) is 22.0. The van der Waals surface area contributed by atoms with E-state index in [1.165, 1.54) is 0 Å². The lowest BCUT2D eigenvalue weighted by Gasteiger charge is -2.33. The topological polar surface area (TPSA) is 71.1 Å². The summed E-state index contributed by atoms with van der Waals surface area (Å²) < 4.78 is 22.0. The smallest absolute Gasteiger partial charge is 0.310 e. The number of fused-ring (bicyclic) bond motifs is 4. The van der Waals surface area contributed by atoms with E-state index < -0.39 is 11.8 Å². The van der Waals surface area contributed by atoms with Crippen molar-refractivity contribution in [2.24, 2.45) is 11.8 Å². The van der Waals surface area contributed by atoms with Crippen molar-refractivity contribution in [3.8, 4) is 17.2 Å². The monoisotopic (exact) mass is 418 g/mol. The first-order chi connectivity index (χ1) is 15.1. The number of ketones is 1. The van der Waals surface area contributed by atoms with Crippen LogP contribution in [0.5, 0.6) is 17.2 Å². The predicted molar refractivity (Wildman–Crippen MR) is 114 cm³/mol. The molecule has 5 rings (SSSR count). The lowest BCUT2D eigenvalue weighted by atomic mass is 9.66. The molecule has 1 aliphatic heterocycles. The third kappa shape index (κ3) is 2.78. The fourth-order valence-corrected chi connectivity index (χ4v) is 5.02. The molecule has 0 spiro atoms. The van der Waals surface area contributed by atoms with Gasteiger partial charge in [-0.1, -0.05) is 36.4 Å². The first kappa shape index (κ1) is 19.4. The van der Waals surface area contributed by atoms with Crippen LogP contribution in [-0.2, 0) is 9.53 Å². The number of benzene rings is 3. The summed E-state index contributed by atoms with van der Waals surface area (Å²) in [5.74, 6) is -0.413. The number of ether oxygens (including phenoxy) is 4. The van der Waals surface area contributed by atoms with Gasteiger partial charge >= 0.3 is 5.97 Å². The second-order valence-electron chi connectivity index (χ2n) is 7.81. The van der Waals surface area contributed by atoms with E-state index >= 15 is 0 Å². The maximum atomic E-state index is 13.3. The molecule has 1 aliphatic carbocycles. The quantitative estimate of drug-likeness (QED) is 0.597. The van der Waals surface area contributed by atoms with Crippen LogP contribution in [0.25, 0.3) is 10.8 Å². The Balaban J connectivity index is 1.84. The Bertz CT molecular complexity index is 1190. The average Bonchev–Trinajstić information content (AvgIpc) is 3.19. The van der Waals surface area contributed by atoms with Gasteiger partial charge in [0.25, 0.3) is 0 Å². The fourth-order valence-electron chi connectivity index (χ4n) is 5.02. The SMILES string of the molecule is COc1cc([C@@H]2c3c(ccc4ccccc34)C(=O)[C@H]3COC(=O)[C@H]23)cc(OC)c1OC. The average molecular weight is 418 g/mol. The summed E-state index contributed by atoms with van der Waals surface area (Å²) in [6.07, 6.45) is 0. The minimum absolute atomic E-state index is 0.0414. The fraction of sp³-hybridized carbons (Fsp3) is 0.280. The largest absolute Gasteiger partial charge is 0.493 e. The van der Waals surface area contributed by atoms with Crippen molar-refractivity contribution in [2.45, 2.75) is 5.92 Å². The van der Waals surface area contributed by atoms with Crippen molar-refractivity contribution >= 4 is 22.5 Å². The highest BCUT2D eigenvalue weighted by Crippen LogP contribution is 2.51. The van der Waals surface area contributed by atoms with Gasteiger partial charge in [-0.2, -0.15) is 0 Å². The molecule has 0 amide bonds. The second-order valence-corrected chi connectivity index (χ2v) is 7.81. The number of esters is 1.